The van der Waals surface area contributed by atoms with Crippen LogP contribution in [0.15, 0.2) is 57.8 Å². The molecule has 3 aromatic rings. The van der Waals surface area contributed by atoms with E-state index in [9.17, 15) is 9.59 Å². The molecule has 0 spiro atoms. The van der Waals surface area contributed by atoms with Crippen LogP contribution in [-0.4, -0.2) is 33.6 Å². The second-order valence-corrected chi connectivity index (χ2v) is 8.89. The molecule has 4 heterocycles. The Hall–Kier alpha value is -3.15. The second-order valence-electron chi connectivity index (χ2n) is 8.89. The van der Waals surface area contributed by atoms with E-state index in [0.29, 0.717) is 25.3 Å². The molecule has 2 aliphatic heterocycles. The van der Waals surface area contributed by atoms with E-state index in [-0.39, 0.29) is 29.3 Å². The molecule has 2 aromatic heterocycles. The number of carbonyl (C=O) groups excluding carboxylic acids is 1. The molecule has 6 nitrogen and oxygen atoms in total. The molecule has 0 unspecified atom stereocenters. The van der Waals surface area contributed by atoms with Crippen LogP contribution < -0.4 is 5.56 Å². The van der Waals surface area contributed by atoms with Gasteiger partial charge in [0.2, 0.25) is 5.91 Å². The molecule has 0 radical (unpaired) electrons. The SMILES string of the molecule is Cc1noc(C)c1CC(=O)N1C[C@H]2C[C@@H](C1)[C@H](Cc1ccccc1)n1c2cccc1=O. The van der Waals surface area contributed by atoms with Gasteiger partial charge in [0.05, 0.1) is 12.1 Å². The van der Waals surface area contributed by atoms with Crippen LogP contribution in [0, 0.1) is 19.8 Å². The van der Waals surface area contributed by atoms with Gasteiger partial charge >= 0.3 is 0 Å². The van der Waals surface area contributed by atoms with Crippen molar-refractivity contribution >= 4 is 5.91 Å². The fourth-order valence-corrected chi connectivity index (χ4v) is 5.38. The maximum absolute atomic E-state index is 13.2. The van der Waals surface area contributed by atoms with E-state index in [0.717, 1.165) is 29.8 Å². The number of benzene rings is 1. The Morgan fingerprint density at radius 1 is 1.10 bits per heavy atom. The number of likely N-dealkylation sites (tertiary alicyclic amines) is 1. The monoisotopic (exact) mass is 417 g/mol. The van der Waals surface area contributed by atoms with Crippen LogP contribution in [0.3, 0.4) is 0 Å². The molecule has 31 heavy (non-hydrogen) atoms. The van der Waals surface area contributed by atoms with Gasteiger partial charge in [-0.3, -0.25) is 9.59 Å². The van der Waals surface area contributed by atoms with Gasteiger partial charge in [-0.1, -0.05) is 41.6 Å². The van der Waals surface area contributed by atoms with Gasteiger partial charge in [0, 0.05) is 42.4 Å². The highest BCUT2D eigenvalue weighted by Gasteiger charge is 2.41. The standard InChI is InChI=1S/C25H27N3O3/c1-16-21(17(2)31-26-16)13-25(30)27-14-19-12-20(15-27)23(11-18-7-4-3-5-8-18)28-22(19)9-6-10-24(28)29/h3-10,19-20,23H,11-15H2,1-2H3/t19-,20+,23+/m1/s1. The minimum atomic E-state index is 0.0528. The Balaban J connectivity index is 1.46. The first-order valence-corrected chi connectivity index (χ1v) is 11.0. The molecule has 0 N–H and O–H groups in total. The van der Waals surface area contributed by atoms with Crippen molar-refractivity contribution < 1.29 is 9.32 Å². The molecule has 0 saturated carbocycles. The molecule has 2 aliphatic rings. The Bertz CT molecular complexity index is 1140. The largest absolute Gasteiger partial charge is 0.361 e. The Morgan fingerprint density at radius 3 is 2.65 bits per heavy atom. The number of carbonyl (C=O) groups is 1. The number of piperidine rings is 1. The number of amides is 1. The molecule has 1 aromatic carbocycles. The summed E-state index contributed by atoms with van der Waals surface area (Å²) in [6, 6.07) is 15.9. The summed E-state index contributed by atoms with van der Waals surface area (Å²) < 4.78 is 7.24. The lowest BCUT2D eigenvalue weighted by atomic mass is 9.76. The zero-order valence-electron chi connectivity index (χ0n) is 18.0. The van der Waals surface area contributed by atoms with Gasteiger partial charge in [-0.2, -0.15) is 0 Å². The zero-order valence-corrected chi connectivity index (χ0v) is 18.0. The summed E-state index contributed by atoms with van der Waals surface area (Å²) >= 11 is 0. The summed E-state index contributed by atoms with van der Waals surface area (Å²) in [6.07, 6.45) is 2.11. The number of aryl methyl sites for hydroxylation is 2. The first-order valence-electron chi connectivity index (χ1n) is 11.0. The highest BCUT2D eigenvalue weighted by Crippen LogP contribution is 2.42. The van der Waals surface area contributed by atoms with E-state index in [4.69, 9.17) is 4.52 Å². The molecule has 160 valence electrons. The van der Waals surface area contributed by atoms with Crippen molar-refractivity contribution in [3.8, 4) is 0 Å². The quantitative estimate of drug-likeness (QED) is 0.652. The van der Waals surface area contributed by atoms with E-state index in [2.05, 4.69) is 23.4 Å². The van der Waals surface area contributed by atoms with Crippen molar-refractivity contribution in [1.29, 1.82) is 0 Å². The number of pyridine rings is 1. The van der Waals surface area contributed by atoms with Crippen molar-refractivity contribution in [3.63, 3.8) is 0 Å². The van der Waals surface area contributed by atoms with Gasteiger partial charge < -0.3 is 14.0 Å². The highest BCUT2D eigenvalue weighted by molar-refractivity contribution is 5.79. The van der Waals surface area contributed by atoms with Crippen molar-refractivity contribution in [2.24, 2.45) is 5.92 Å². The first kappa shape index (κ1) is 19.8. The van der Waals surface area contributed by atoms with Gasteiger partial charge in [-0.15, -0.1) is 0 Å². The van der Waals surface area contributed by atoms with E-state index >= 15 is 0 Å². The lowest BCUT2D eigenvalue weighted by Gasteiger charge is -2.47. The molecule has 1 saturated heterocycles. The summed E-state index contributed by atoms with van der Waals surface area (Å²) in [7, 11) is 0. The highest BCUT2D eigenvalue weighted by atomic mass is 16.5. The Labute approximate surface area is 181 Å². The summed E-state index contributed by atoms with van der Waals surface area (Å²) in [6.45, 7) is 5.06. The smallest absolute Gasteiger partial charge is 0.251 e. The van der Waals surface area contributed by atoms with Gasteiger partial charge in [-0.25, -0.2) is 0 Å². The molecule has 2 bridgehead atoms. The molecule has 5 rings (SSSR count). The van der Waals surface area contributed by atoms with E-state index in [1.165, 1.54) is 5.56 Å². The Kier molecular flexibility index (Phi) is 5.00. The number of hydrogen-bond acceptors (Lipinski definition) is 4. The second kappa shape index (κ2) is 7.84. The average Bonchev–Trinajstić information content (AvgIpc) is 3.09. The van der Waals surface area contributed by atoms with Crippen molar-refractivity contribution in [2.75, 3.05) is 13.1 Å². The van der Waals surface area contributed by atoms with E-state index in [1.807, 2.05) is 47.6 Å². The van der Waals surface area contributed by atoms with E-state index < -0.39 is 0 Å². The van der Waals surface area contributed by atoms with Gasteiger partial charge in [0.15, 0.2) is 0 Å². The maximum Gasteiger partial charge on any atom is 0.251 e. The number of nitrogens with zero attached hydrogens (tertiary/aromatic N) is 3. The number of fused-ring (bicyclic) bond motifs is 4. The van der Waals surface area contributed by atoms with Crippen LogP contribution in [0.1, 0.15) is 46.7 Å². The third-order valence-corrected chi connectivity index (χ3v) is 6.95. The maximum atomic E-state index is 13.2. The molecule has 3 atom stereocenters. The van der Waals surface area contributed by atoms with Crippen molar-refractivity contribution in [3.05, 3.63) is 87.2 Å². The fourth-order valence-electron chi connectivity index (χ4n) is 5.38. The minimum absolute atomic E-state index is 0.0528. The normalized spacial score (nSPS) is 22.3. The van der Waals surface area contributed by atoms with Gasteiger partial charge in [0.25, 0.3) is 5.56 Å². The zero-order chi connectivity index (χ0) is 21.5. The molecular formula is C25H27N3O3. The molecular weight excluding hydrogens is 390 g/mol. The van der Waals surface area contributed by atoms with Crippen LogP contribution in [0.4, 0.5) is 0 Å². The third kappa shape index (κ3) is 3.60. The summed E-state index contributed by atoms with van der Waals surface area (Å²) in [5.74, 6) is 1.25. The summed E-state index contributed by atoms with van der Waals surface area (Å²) in [5.41, 5.74) is 4.00. The average molecular weight is 418 g/mol. The van der Waals surface area contributed by atoms with Gasteiger partial charge in [0.1, 0.15) is 5.76 Å². The molecule has 6 heteroatoms. The number of rotatable bonds is 4. The predicted octanol–water partition coefficient (Wildman–Crippen LogP) is 3.43. The predicted molar refractivity (Wildman–Crippen MR) is 117 cm³/mol. The van der Waals surface area contributed by atoms with Crippen molar-refractivity contribution in [1.82, 2.24) is 14.6 Å². The molecule has 1 amide bonds. The number of hydrogen-bond donors (Lipinski definition) is 0. The lowest BCUT2D eigenvalue weighted by molar-refractivity contribution is -0.133. The minimum Gasteiger partial charge on any atom is -0.361 e. The third-order valence-electron chi connectivity index (χ3n) is 6.95. The van der Waals surface area contributed by atoms with E-state index in [1.54, 1.807) is 6.07 Å². The van der Waals surface area contributed by atoms with Crippen LogP contribution in [0.2, 0.25) is 0 Å². The van der Waals surface area contributed by atoms with Crippen molar-refractivity contribution in [2.45, 2.75) is 45.1 Å². The summed E-state index contributed by atoms with van der Waals surface area (Å²) in [5, 5.41) is 3.99. The fraction of sp³-hybridized carbons (Fsp3) is 0.400. The van der Waals surface area contributed by atoms with Crippen LogP contribution in [0.25, 0.3) is 0 Å². The Morgan fingerprint density at radius 2 is 1.90 bits per heavy atom. The molecule has 1 fully saturated rings. The summed E-state index contributed by atoms with van der Waals surface area (Å²) in [4.78, 5) is 28.1. The van der Waals surface area contributed by atoms with Gasteiger partial charge in [-0.05, 0) is 44.2 Å². The topological polar surface area (TPSA) is 68.3 Å². The van der Waals surface area contributed by atoms with Crippen LogP contribution in [0.5, 0.6) is 0 Å². The van der Waals surface area contributed by atoms with Crippen LogP contribution in [-0.2, 0) is 17.6 Å². The lowest BCUT2D eigenvalue weighted by Crippen LogP contribution is -2.51. The first-order chi connectivity index (χ1) is 15.0. The molecule has 0 aliphatic carbocycles. The van der Waals surface area contributed by atoms with Crippen LogP contribution >= 0.6 is 0 Å². The number of aromatic nitrogens is 2.